The topological polar surface area (TPSA) is 142 Å². The molecule has 0 radical (unpaired) electrons. The second kappa shape index (κ2) is 14.6. The molecule has 6 unspecified atom stereocenters. The first kappa shape index (κ1) is 40.3. The maximum absolute atomic E-state index is 15.4. The Morgan fingerprint density at radius 3 is 2.20 bits per heavy atom. The van der Waals surface area contributed by atoms with E-state index in [-0.39, 0.29) is 39.9 Å². The Balaban J connectivity index is 1.30. The van der Waals surface area contributed by atoms with Crippen molar-refractivity contribution in [3.8, 4) is 17.2 Å². The molecule has 12 nitrogen and oxygen atoms in total. The van der Waals surface area contributed by atoms with E-state index < -0.39 is 76.3 Å². The van der Waals surface area contributed by atoms with Crippen LogP contribution in [-0.2, 0) is 30.8 Å². The van der Waals surface area contributed by atoms with Crippen molar-refractivity contribution in [1.29, 1.82) is 0 Å². The number of rotatable bonds is 8. The summed E-state index contributed by atoms with van der Waals surface area (Å²) >= 11 is 19.0. The number of benzene rings is 3. The van der Waals surface area contributed by atoms with Gasteiger partial charge in [-0.25, -0.2) is 4.98 Å². The smallest absolute Gasteiger partial charge is 0.433 e. The molecule has 4 aromatic rings. The zero-order valence-corrected chi connectivity index (χ0v) is 33.5. The standard InChI is InChI=1S/C41H33Cl3F3N5O7/c1-50(35-28(43)13-15-32(48-35)41(45,46)47)52-36(54)25-12-11-23-26(33(25)38(52)56)18-27-37(55)51(49-30-14-6-20(42)16-29(30)44)39(57)40(27,19-4-7-21(58-2)8-5-19)34(23)24-10-9-22(59-3)17-31(24)53/h4-11,13-17,25-27,33-34,49,53H,12,18H2,1-3H3. The number of amides is 4. The van der Waals surface area contributed by atoms with Crippen LogP contribution in [-0.4, -0.2) is 65.0 Å². The highest BCUT2D eigenvalue weighted by molar-refractivity contribution is 6.36. The van der Waals surface area contributed by atoms with Gasteiger partial charge >= 0.3 is 6.18 Å². The van der Waals surface area contributed by atoms with Crippen LogP contribution in [0, 0.1) is 23.7 Å². The number of hydrogen-bond donors (Lipinski definition) is 2. The number of nitrogens with zero attached hydrogens (tertiary/aromatic N) is 4. The number of carbonyl (C=O) groups is 4. The fourth-order valence-electron chi connectivity index (χ4n) is 9.27. The van der Waals surface area contributed by atoms with Crippen LogP contribution in [0.2, 0.25) is 15.1 Å². The number of hydrogen-bond acceptors (Lipinski definition) is 10. The van der Waals surface area contributed by atoms with Crippen LogP contribution in [0.4, 0.5) is 24.7 Å². The molecule has 8 rings (SSSR count). The molecule has 2 aliphatic carbocycles. The molecule has 59 heavy (non-hydrogen) atoms. The fourth-order valence-corrected chi connectivity index (χ4v) is 9.95. The average molecular weight is 871 g/mol. The van der Waals surface area contributed by atoms with Gasteiger partial charge in [0.15, 0.2) is 5.82 Å². The van der Waals surface area contributed by atoms with E-state index in [1.807, 2.05) is 0 Å². The first-order chi connectivity index (χ1) is 28.0. The molecular formula is C41H33Cl3F3N5O7. The number of alkyl halides is 3. The molecule has 0 spiro atoms. The lowest BCUT2D eigenvalue weighted by atomic mass is 9.49. The zero-order valence-electron chi connectivity index (χ0n) is 31.3. The Morgan fingerprint density at radius 1 is 0.864 bits per heavy atom. The van der Waals surface area contributed by atoms with Gasteiger partial charge < -0.3 is 14.6 Å². The van der Waals surface area contributed by atoms with Crippen molar-refractivity contribution in [1.82, 2.24) is 15.0 Å². The SMILES string of the molecule is COc1ccc(C23C(=O)N(Nc4ccc(Cl)cc4Cl)C(=O)C2CC2C(=CCC4C(=O)N(N(C)c5nc(C(F)(F)F)ccc5Cl)C(=O)C42)C3c2ccc(OC)cc2O)cc1. The van der Waals surface area contributed by atoms with Gasteiger partial charge in [-0.3, -0.25) is 29.6 Å². The van der Waals surface area contributed by atoms with E-state index in [0.717, 1.165) is 21.1 Å². The zero-order chi connectivity index (χ0) is 42.3. The molecule has 2 saturated heterocycles. The summed E-state index contributed by atoms with van der Waals surface area (Å²) in [5.41, 5.74) is 1.18. The van der Waals surface area contributed by atoms with Crippen molar-refractivity contribution in [2.45, 2.75) is 30.4 Å². The van der Waals surface area contributed by atoms with Gasteiger partial charge in [0.2, 0.25) is 0 Å². The number of aromatic hydroxyl groups is 1. The number of ether oxygens (including phenoxy) is 2. The lowest BCUT2D eigenvalue weighted by molar-refractivity contribution is -0.142. The lowest BCUT2D eigenvalue weighted by Crippen LogP contribution is -2.53. The summed E-state index contributed by atoms with van der Waals surface area (Å²) in [5, 5.41) is 14.5. The van der Waals surface area contributed by atoms with Crippen LogP contribution in [0.25, 0.3) is 0 Å². The summed E-state index contributed by atoms with van der Waals surface area (Å²) in [6.45, 7) is 0. The van der Waals surface area contributed by atoms with Crippen LogP contribution in [0.3, 0.4) is 0 Å². The number of hydrazine groups is 2. The first-order valence-corrected chi connectivity index (χ1v) is 19.3. The van der Waals surface area contributed by atoms with Gasteiger partial charge in [-0.2, -0.15) is 23.2 Å². The highest BCUT2D eigenvalue weighted by Crippen LogP contribution is 2.65. The molecule has 3 fully saturated rings. The van der Waals surface area contributed by atoms with Crippen LogP contribution < -0.4 is 19.9 Å². The van der Waals surface area contributed by atoms with E-state index in [2.05, 4.69) is 10.4 Å². The minimum absolute atomic E-state index is 0.0174. The molecule has 4 amide bonds. The average Bonchev–Trinajstić information content (AvgIpc) is 3.59. The number of carbonyl (C=O) groups excluding carboxylic acids is 4. The molecule has 3 heterocycles. The number of methoxy groups -OCH3 is 2. The summed E-state index contributed by atoms with van der Waals surface area (Å²) < 4.78 is 52.0. The van der Waals surface area contributed by atoms with Gasteiger partial charge in [-0.1, -0.05) is 64.7 Å². The van der Waals surface area contributed by atoms with Crippen molar-refractivity contribution in [3.05, 3.63) is 116 Å². The molecule has 0 bridgehead atoms. The Labute approximate surface area is 350 Å². The second-order valence-electron chi connectivity index (χ2n) is 14.6. The summed E-state index contributed by atoms with van der Waals surface area (Å²) in [5.74, 6) is -8.17. The van der Waals surface area contributed by atoms with Crippen molar-refractivity contribution < 1.29 is 46.9 Å². The molecule has 4 aliphatic rings. The Bertz CT molecular complexity index is 2470. The van der Waals surface area contributed by atoms with E-state index in [1.54, 1.807) is 42.5 Å². The monoisotopic (exact) mass is 869 g/mol. The third-order valence-electron chi connectivity index (χ3n) is 11.8. The molecule has 3 aromatic carbocycles. The number of allylic oxidation sites excluding steroid dienone is 2. The number of phenolic OH excluding ortho intramolecular Hbond substituents is 1. The largest absolute Gasteiger partial charge is 0.508 e. The first-order valence-electron chi connectivity index (χ1n) is 18.2. The number of aromatic nitrogens is 1. The van der Waals surface area contributed by atoms with Crippen molar-refractivity contribution in [2.75, 3.05) is 31.7 Å². The summed E-state index contributed by atoms with van der Waals surface area (Å²) in [6.07, 6.45) is -3.23. The Hall–Kier alpha value is -5.51. The van der Waals surface area contributed by atoms with E-state index >= 15 is 4.79 Å². The number of halogens is 6. The molecular weight excluding hydrogens is 838 g/mol. The molecule has 1 aromatic heterocycles. The van der Waals surface area contributed by atoms with Gasteiger partial charge in [0, 0.05) is 29.6 Å². The van der Waals surface area contributed by atoms with Gasteiger partial charge in [0.25, 0.3) is 23.6 Å². The normalized spacial score (nSPS) is 25.0. The molecule has 18 heteroatoms. The summed E-state index contributed by atoms with van der Waals surface area (Å²) in [6, 6.07) is 17.3. The number of phenols is 1. The predicted molar refractivity (Wildman–Crippen MR) is 210 cm³/mol. The number of imide groups is 2. The van der Waals surface area contributed by atoms with E-state index in [9.17, 15) is 32.7 Å². The minimum atomic E-state index is -4.85. The number of pyridine rings is 1. The fraction of sp³-hybridized carbons (Fsp3) is 0.293. The van der Waals surface area contributed by atoms with E-state index in [4.69, 9.17) is 44.3 Å². The molecule has 2 aliphatic heterocycles. The van der Waals surface area contributed by atoms with E-state index in [0.29, 0.717) is 33.7 Å². The minimum Gasteiger partial charge on any atom is -0.508 e. The second-order valence-corrected chi connectivity index (χ2v) is 15.9. The van der Waals surface area contributed by atoms with Crippen molar-refractivity contribution in [2.24, 2.45) is 23.7 Å². The maximum Gasteiger partial charge on any atom is 0.433 e. The van der Waals surface area contributed by atoms with Crippen LogP contribution in [0.5, 0.6) is 17.2 Å². The number of anilines is 2. The highest BCUT2D eigenvalue weighted by Gasteiger charge is 2.71. The summed E-state index contributed by atoms with van der Waals surface area (Å²) in [4.78, 5) is 63.0. The van der Waals surface area contributed by atoms with Gasteiger partial charge in [0.1, 0.15) is 22.9 Å². The molecule has 306 valence electrons. The molecule has 6 atom stereocenters. The van der Waals surface area contributed by atoms with Crippen LogP contribution in [0.1, 0.15) is 35.6 Å². The van der Waals surface area contributed by atoms with Gasteiger partial charge in [-0.05, 0) is 72.9 Å². The van der Waals surface area contributed by atoms with Gasteiger partial charge in [-0.15, -0.1) is 0 Å². The number of fused-ring (bicyclic) bond motifs is 4. The molecule has 1 saturated carbocycles. The third kappa shape index (κ3) is 6.24. The maximum atomic E-state index is 15.4. The van der Waals surface area contributed by atoms with Crippen molar-refractivity contribution >= 4 is 69.9 Å². The number of nitrogens with one attached hydrogen (secondary N) is 1. The molecule has 2 N–H and O–H groups in total. The van der Waals surface area contributed by atoms with E-state index in [1.165, 1.54) is 45.5 Å². The Morgan fingerprint density at radius 2 is 1.56 bits per heavy atom. The van der Waals surface area contributed by atoms with Crippen LogP contribution in [0.15, 0.2) is 84.4 Å². The highest BCUT2D eigenvalue weighted by atomic mass is 35.5. The third-order valence-corrected chi connectivity index (χ3v) is 12.7. The Kier molecular flexibility index (Phi) is 10.00. The van der Waals surface area contributed by atoms with Gasteiger partial charge in [0.05, 0.1) is 53.1 Å². The lowest BCUT2D eigenvalue weighted by Gasteiger charge is -2.50. The summed E-state index contributed by atoms with van der Waals surface area (Å²) in [7, 11) is 4.11. The quantitative estimate of drug-likeness (QED) is 0.133. The van der Waals surface area contributed by atoms with Crippen LogP contribution >= 0.6 is 34.8 Å². The predicted octanol–water partition coefficient (Wildman–Crippen LogP) is 7.82. The van der Waals surface area contributed by atoms with Crippen molar-refractivity contribution in [3.63, 3.8) is 0 Å².